The Morgan fingerprint density at radius 2 is 1.88 bits per heavy atom. The second-order valence-corrected chi connectivity index (χ2v) is 7.90. The first kappa shape index (κ1) is 19.5. The molecule has 2 unspecified atom stereocenters. The summed E-state index contributed by atoms with van der Waals surface area (Å²) >= 11 is 0. The summed E-state index contributed by atoms with van der Waals surface area (Å²) in [4.78, 5) is 2.55. The van der Waals surface area contributed by atoms with E-state index in [9.17, 15) is 0 Å². The van der Waals surface area contributed by atoms with Gasteiger partial charge >= 0.3 is 0 Å². The van der Waals surface area contributed by atoms with Crippen molar-refractivity contribution in [3.05, 3.63) is 18.0 Å². The molecule has 2 saturated carbocycles. The van der Waals surface area contributed by atoms with Crippen LogP contribution in [0.1, 0.15) is 58.7 Å². The monoisotopic (exact) mass is 335 g/mol. The standard InChI is InChI=1S/C11H19NO.C7H12N2.C2H6/c1-13-3-2-12-7-11(8-12)5-9-4-10(9)6-11;1-6(2)9-5-4-7(3)8-9;1-2/h9-10H,2-8H2,1H3;4-6H,1-3H3;1-2H3. The molecular formula is C20H37N3O. The SMILES string of the molecule is CC.COCCN1CC2(CC3CC3C2)C1.Cc1ccn(C(C)C)n1. The number of hydrogen-bond acceptors (Lipinski definition) is 3. The highest BCUT2D eigenvalue weighted by Crippen LogP contribution is 2.62. The Morgan fingerprint density at radius 3 is 2.29 bits per heavy atom. The number of ether oxygens (including phenoxy) is 1. The largest absolute Gasteiger partial charge is 0.383 e. The minimum Gasteiger partial charge on any atom is -0.383 e. The summed E-state index contributed by atoms with van der Waals surface area (Å²) in [6.45, 7) is 15.0. The molecule has 1 aromatic heterocycles. The Kier molecular flexibility index (Phi) is 6.88. The van der Waals surface area contributed by atoms with Crippen LogP contribution in [0.15, 0.2) is 12.3 Å². The summed E-state index contributed by atoms with van der Waals surface area (Å²) in [5.74, 6) is 2.29. The van der Waals surface area contributed by atoms with E-state index in [0.717, 1.165) is 36.1 Å². The fraction of sp³-hybridized carbons (Fsp3) is 0.850. The number of nitrogens with zero attached hydrogens (tertiary/aromatic N) is 3. The number of fused-ring (bicyclic) bond motifs is 1. The highest BCUT2D eigenvalue weighted by molar-refractivity contribution is 5.09. The minimum absolute atomic E-state index is 0.485. The highest BCUT2D eigenvalue weighted by Gasteiger charge is 2.57. The van der Waals surface area contributed by atoms with E-state index in [4.69, 9.17) is 4.74 Å². The van der Waals surface area contributed by atoms with Crippen molar-refractivity contribution in [3.8, 4) is 0 Å². The lowest BCUT2D eigenvalue weighted by Crippen LogP contribution is -2.56. The third kappa shape index (κ3) is 4.82. The lowest BCUT2D eigenvalue weighted by Gasteiger charge is -2.49. The minimum atomic E-state index is 0.485. The molecule has 3 aliphatic rings. The number of likely N-dealkylation sites (tertiary alicyclic amines) is 1. The number of methoxy groups -OCH3 is 1. The van der Waals surface area contributed by atoms with Gasteiger partial charge in [0.25, 0.3) is 0 Å². The lowest BCUT2D eigenvalue weighted by molar-refractivity contribution is -0.0171. The summed E-state index contributed by atoms with van der Waals surface area (Å²) in [5.41, 5.74) is 1.87. The quantitative estimate of drug-likeness (QED) is 0.827. The zero-order chi connectivity index (χ0) is 17.7. The third-order valence-electron chi connectivity index (χ3n) is 5.46. The van der Waals surface area contributed by atoms with Gasteiger partial charge in [-0.05, 0) is 63.4 Å². The lowest BCUT2D eigenvalue weighted by atomic mass is 9.76. The van der Waals surface area contributed by atoms with Gasteiger partial charge in [-0.25, -0.2) is 0 Å². The average molecular weight is 336 g/mol. The second kappa shape index (κ2) is 8.48. The van der Waals surface area contributed by atoms with E-state index in [2.05, 4.69) is 23.8 Å². The molecule has 1 aliphatic heterocycles. The van der Waals surface area contributed by atoms with Gasteiger partial charge in [-0.1, -0.05) is 13.8 Å². The molecule has 0 amide bonds. The van der Waals surface area contributed by atoms with Gasteiger partial charge in [0.2, 0.25) is 0 Å². The Balaban J connectivity index is 0.000000167. The maximum atomic E-state index is 5.09. The van der Waals surface area contributed by atoms with Crippen molar-refractivity contribution < 1.29 is 4.74 Å². The van der Waals surface area contributed by atoms with Crippen molar-refractivity contribution in [3.63, 3.8) is 0 Å². The molecule has 4 nitrogen and oxygen atoms in total. The normalized spacial score (nSPS) is 26.1. The molecule has 2 heterocycles. The number of aryl methyl sites for hydroxylation is 1. The fourth-order valence-corrected chi connectivity index (χ4v) is 4.27. The van der Waals surface area contributed by atoms with Gasteiger partial charge < -0.3 is 4.74 Å². The Morgan fingerprint density at radius 1 is 1.25 bits per heavy atom. The van der Waals surface area contributed by atoms with E-state index in [1.54, 1.807) is 26.4 Å². The third-order valence-corrected chi connectivity index (χ3v) is 5.46. The van der Waals surface area contributed by atoms with Gasteiger partial charge in [-0.15, -0.1) is 0 Å². The molecule has 138 valence electrons. The first-order valence-corrected chi connectivity index (χ1v) is 9.74. The summed E-state index contributed by atoms with van der Waals surface area (Å²) in [5, 5.41) is 4.23. The summed E-state index contributed by atoms with van der Waals surface area (Å²) in [6, 6.07) is 2.50. The van der Waals surface area contributed by atoms with Gasteiger partial charge in [0.1, 0.15) is 0 Å². The first-order chi connectivity index (χ1) is 11.5. The van der Waals surface area contributed by atoms with Gasteiger partial charge in [0.05, 0.1) is 12.3 Å². The molecule has 2 atom stereocenters. The molecule has 2 aliphatic carbocycles. The second-order valence-electron chi connectivity index (χ2n) is 7.90. The van der Waals surface area contributed by atoms with Crippen LogP contribution in [0.25, 0.3) is 0 Å². The van der Waals surface area contributed by atoms with E-state index in [1.165, 1.54) is 13.1 Å². The van der Waals surface area contributed by atoms with Crippen LogP contribution >= 0.6 is 0 Å². The molecule has 3 fully saturated rings. The predicted molar refractivity (Wildman–Crippen MR) is 100 cm³/mol. The molecule has 0 bridgehead atoms. The van der Waals surface area contributed by atoms with E-state index in [0.29, 0.717) is 6.04 Å². The summed E-state index contributed by atoms with van der Waals surface area (Å²) < 4.78 is 7.04. The topological polar surface area (TPSA) is 30.3 Å². The molecule has 1 spiro atoms. The number of hydrogen-bond donors (Lipinski definition) is 0. The molecule has 24 heavy (non-hydrogen) atoms. The van der Waals surface area contributed by atoms with Crippen LogP contribution in [0.4, 0.5) is 0 Å². The molecule has 1 aromatic rings. The Hall–Kier alpha value is -0.870. The number of aromatic nitrogens is 2. The van der Waals surface area contributed by atoms with Crippen molar-refractivity contribution in [1.29, 1.82) is 0 Å². The van der Waals surface area contributed by atoms with E-state index >= 15 is 0 Å². The van der Waals surface area contributed by atoms with Crippen molar-refractivity contribution in [2.45, 2.75) is 59.9 Å². The molecule has 4 rings (SSSR count). The van der Waals surface area contributed by atoms with Crippen molar-refractivity contribution >= 4 is 0 Å². The van der Waals surface area contributed by atoms with E-state index < -0.39 is 0 Å². The molecule has 1 saturated heterocycles. The van der Waals surface area contributed by atoms with Gasteiger partial charge in [0.15, 0.2) is 0 Å². The molecule has 0 radical (unpaired) electrons. The summed E-state index contributed by atoms with van der Waals surface area (Å²) in [6.07, 6.45) is 6.64. The van der Waals surface area contributed by atoms with Crippen LogP contribution in [0.3, 0.4) is 0 Å². The molecular weight excluding hydrogens is 298 g/mol. The van der Waals surface area contributed by atoms with Gasteiger partial charge in [-0.3, -0.25) is 9.58 Å². The zero-order valence-electron chi connectivity index (χ0n) is 16.6. The molecule has 4 heteroatoms. The highest BCUT2D eigenvalue weighted by atomic mass is 16.5. The predicted octanol–water partition coefficient (Wildman–Crippen LogP) is 4.16. The van der Waals surface area contributed by atoms with Crippen LogP contribution < -0.4 is 0 Å². The average Bonchev–Trinajstić information content (AvgIpc) is 2.96. The van der Waals surface area contributed by atoms with Crippen LogP contribution in [-0.4, -0.2) is 48.0 Å². The van der Waals surface area contributed by atoms with Crippen molar-refractivity contribution in [2.24, 2.45) is 17.3 Å². The smallest absolute Gasteiger partial charge is 0.0593 e. The summed E-state index contributed by atoms with van der Waals surface area (Å²) in [7, 11) is 1.79. The number of rotatable bonds is 4. The van der Waals surface area contributed by atoms with Crippen molar-refractivity contribution in [1.82, 2.24) is 14.7 Å². The Bertz CT molecular complexity index is 479. The van der Waals surface area contributed by atoms with Gasteiger partial charge in [0, 0.05) is 39.0 Å². The Labute approximate surface area is 148 Å². The first-order valence-electron chi connectivity index (χ1n) is 9.74. The molecule has 0 N–H and O–H groups in total. The van der Waals surface area contributed by atoms with Crippen LogP contribution in [0, 0.1) is 24.2 Å². The maximum Gasteiger partial charge on any atom is 0.0593 e. The van der Waals surface area contributed by atoms with Gasteiger partial charge in [-0.2, -0.15) is 5.10 Å². The molecule has 0 aromatic carbocycles. The van der Waals surface area contributed by atoms with Crippen molar-refractivity contribution in [2.75, 3.05) is 33.4 Å². The van der Waals surface area contributed by atoms with E-state index in [-0.39, 0.29) is 0 Å². The van der Waals surface area contributed by atoms with Crippen LogP contribution in [-0.2, 0) is 4.74 Å². The van der Waals surface area contributed by atoms with Crippen LogP contribution in [0.2, 0.25) is 0 Å². The van der Waals surface area contributed by atoms with E-state index in [1.807, 2.05) is 37.7 Å². The van der Waals surface area contributed by atoms with Crippen LogP contribution in [0.5, 0.6) is 0 Å². The maximum absolute atomic E-state index is 5.09. The zero-order valence-corrected chi connectivity index (χ0v) is 16.6. The fourth-order valence-electron chi connectivity index (χ4n) is 4.27.